The molecule has 162 valence electrons. The molecule has 4 rings (SSSR count). The maximum absolute atomic E-state index is 12.7. The lowest BCUT2D eigenvalue weighted by Crippen LogP contribution is -2.41. The molecular weight excluding hydrogens is 495 g/mol. The van der Waals surface area contributed by atoms with Crippen LogP contribution in [0.2, 0.25) is 0 Å². The highest BCUT2D eigenvalue weighted by atomic mass is 127. The maximum atomic E-state index is 12.7. The monoisotopic (exact) mass is 524 g/mol. The Kier molecular flexibility index (Phi) is 7.74. The zero-order valence-corrected chi connectivity index (χ0v) is 19.5. The number of nitrogens with zero attached hydrogens (tertiary/aromatic N) is 2. The van der Waals surface area contributed by atoms with E-state index in [1.807, 2.05) is 30.3 Å². The van der Waals surface area contributed by atoms with Crippen LogP contribution >= 0.6 is 24.0 Å². The third-order valence-electron chi connectivity index (χ3n) is 6.04. The topological polar surface area (TPSA) is 83.0 Å². The van der Waals surface area contributed by atoms with Gasteiger partial charge < -0.3 is 15.4 Å². The number of guanidine groups is 1. The van der Waals surface area contributed by atoms with Gasteiger partial charge in [-0.2, -0.15) is 0 Å². The number of fused-ring (bicyclic) bond motifs is 5. The number of nitrogens with one attached hydrogen (secondary N) is 2. The summed E-state index contributed by atoms with van der Waals surface area (Å²) in [6.45, 7) is 2.25. The Hall–Kier alpha value is -2.10. The summed E-state index contributed by atoms with van der Waals surface area (Å²) in [5.74, 6) is 1.89. The predicted octanol–water partition coefficient (Wildman–Crippen LogP) is 2.05. The fraction of sp³-hybridized carbons (Fsp3) is 0.500. The van der Waals surface area contributed by atoms with Gasteiger partial charge in [-0.1, -0.05) is 30.4 Å². The zero-order valence-electron chi connectivity index (χ0n) is 17.1. The summed E-state index contributed by atoms with van der Waals surface area (Å²) < 4.78 is 5.64. The van der Waals surface area contributed by atoms with Crippen molar-refractivity contribution in [1.82, 2.24) is 15.5 Å². The molecule has 1 aliphatic heterocycles. The minimum atomic E-state index is -0.107. The van der Waals surface area contributed by atoms with E-state index in [9.17, 15) is 9.59 Å². The summed E-state index contributed by atoms with van der Waals surface area (Å²) in [6.07, 6.45) is 5.91. The number of ether oxygens (including phenoxy) is 1. The molecule has 7 nitrogen and oxygen atoms in total. The van der Waals surface area contributed by atoms with Gasteiger partial charge in [-0.15, -0.1) is 24.0 Å². The maximum Gasteiger partial charge on any atom is 0.233 e. The molecule has 3 aliphatic rings. The number of hydrogen-bond donors (Lipinski definition) is 2. The Morgan fingerprint density at radius 3 is 2.33 bits per heavy atom. The van der Waals surface area contributed by atoms with Crippen molar-refractivity contribution in [2.75, 3.05) is 33.3 Å². The predicted molar refractivity (Wildman–Crippen MR) is 126 cm³/mol. The Balaban J connectivity index is 0.00000256. The van der Waals surface area contributed by atoms with Crippen molar-refractivity contribution in [2.24, 2.45) is 28.7 Å². The second-order valence-electron chi connectivity index (χ2n) is 7.77. The number of amides is 2. The summed E-state index contributed by atoms with van der Waals surface area (Å²) in [7, 11) is 1.71. The van der Waals surface area contributed by atoms with Crippen molar-refractivity contribution in [2.45, 2.75) is 12.8 Å². The number of carbonyl (C=O) groups is 2. The first-order valence-electron chi connectivity index (χ1n) is 10.3. The van der Waals surface area contributed by atoms with Crippen LogP contribution in [0.15, 0.2) is 47.5 Å². The van der Waals surface area contributed by atoms with E-state index in [0.29, 0.717) is 38.6 Å². The standard InChI is InChI=1S/C22H28N4O3.HI/c1-23-22(25-11-13-29-17-6-3-2-4-7-17)24-10-5-12-26-20(27)18-15-8-9-16(14-15)19(18)21(26)28;/h2-4,6-9,15-16,18-19H,5,10-14H2,1H3,(H2,23,24,25);1H. The molecule has 0 spiro atoms. The number of halogens is 1. The molecule has 1 aromatic carbocycles. The second kappa shape index (κ2) is 10.3. The van der Waals surface area contributed by atoms with E-state index in [4.69, 9.17) is 4.74 Å². The highest BCUT2D eigenvalue weighted by molar-refractivity contribution is 14.0. The van der Waals surface area contributed by atoms with Crippen molar-refractivity contribution in [3.05, 3.63) is 42.5 Å². The molecule has 2 fully saturated rings. The van der Waals surface area contributed by atoms with Crippen LogP contribution in [0.3, 0.4) is 0 Å². The first kappa shape index (κ1) is 22.6. The minimum Gasteiger partial charge on any atom is -0.492 e. The number of hydrogen-bond acceptors (Lipinski definition) is 4. The average Bonchev–Trinajstić information content (AvgIpc) is 3.42. The fourth-order valence-electron chi connectivity index (χ4n) is 4.70. The number of rotatable bonds is 8. The van der Waals surface area contributed by atoms with E-state index in [-0.39, 0.29) is 59.5 Å². The molecule has 2 aliphatic carbocycles. The molecule has 0 radical (unpaired) electrons. The van der Waals surface area contributed by atoms with Gasteiger partial charge in [0, 0.05) is 20.1 Å². The Labute approximate surface area is 194 Å². The second-order valence-corrected chi connectivity index (χ2v) is 7.77. The first-order chi connectivity index (χ1) is 14.2. The van der Waals surface area contributed by atoms with Crippen LogP contribution in [-0.4, -0.2) is 56.0 Å². The smallest absolute Gasteiger partial charge is 0.233 e. The minimum absolute atomic E-state index is 0. The van der Waals surface area contributed by atoms with Gasteiger partial charge in [-0.05, 0) is 36.8 Å². The lowest BCUT2D eigenvalue weighted by molar-refractivity contribution is -0.140. The van der Waals surface area contributed by atoms with Crippen molar-refractivity contribution in [3.63, 3.8) is 0 Å². The van der Waals surface area contributed by atoms with E-state index < -0.39 is 0 Å². The van der Waals surface area contributed by atoms with Crippen molar-refractivity contribution in [3.8, 4) is 5.75 Å². The number of imide groups is 1. The molecule has 30 heavy (non-hydrogen) atoms. The Morgan fingerprint density at radius 2 is 1.70 bits per heavy atom. The summed E-state index contributed by atoms with van der Waals surface area (Å²) >= 11 is 0. The van der Waals surface area contributed by atoms with Crippen LogP contribution in [0, 0.1) is 23.7 Å². The van der Waals surface area contributed by atoms with Crippen molar-refractivity contribution >= 4 is 41.8 Å². The van der Waals surface area contributed by atoms with E-state index in [0.717, 1.165) is 12.2 Å². The quantitative estimate of drug-likeness (QED) is 0.136. The van der Waals surface area contributed by atoms with Gasteiger partial charge in [-0.3, -0.25) is 19.5 Å². The Bertz CT molecular complexity index is 784. The molecule has 2 N–H and O–H groups in total. The normalized spacial score (nSPS) is 26.6. The van der Waals surface area contributed by atoms with Crippen LogP contribution in [0.25, 0.3) is 0 Å². The Morgan fingerprint density at radius 1 is 1.07 bits per heavy atom. The zero-order chi connectivity index (χ0) is 20.2. The molecule has 1 aromatic rings. The fourth-order valence-corrected chi connectivity index (χ4v) is 4.70. The lowest BCUT2D eigenvalue weighted by atomic mass is 9.85. The van der Waals surface area contributed by atoms with Crippen LogP contribution in [0.5, 0.6) is 5.75 Å². The van der Waals surface area contributed by atoms with Gasteiger partial charge in [0.25, 0.3) is 0 Å². The van der Waals surface area contributed by atoms with Crippen LogP contribution in [-0.2, 0) is 9.59 Å². The summed E-state index contributed by atoms with van der Waals surface area (Å²) in [5, 5.41) is 6.42. The van der Waals surface area contributed by atoms with Gasteiger partial charge in [0.1, 0.15) is 12.4 Å². The number of aliphatic imine (C=N–C) groups is 1. The van der Waals surface area contributed by atoms with E-state index >= 15 is 0 Å². The number of benzene rings is 1. The molecule has 2 bridgehead atoms. The molecule has 8 heteroatoms. The van der Waals surface area contributed by atoms with Gasteiger partial charge >= 0.3 is 0 Å². The molecule has 0 aromatic heterocycles. The first-order valence-corrected chi connectivity index (χ1v) is 10.3. The van der Waals surface area contributed by atoms with Gasteiger partial charge in [0.15, 0.2) is 5.96 Å². The molecular formula is C22H29IN4O3. The van der Waals surface area contributed by atoms with E-state index in [1.165, 1.54) is 4.90 Å². The SMILES string of the molecule is CN=C(NCCCN1C(=O)C2C3C=CC(C3)C2C1=O)NCCOc1ccccc1.I. The third kappa shape index (κ3) is 4.63. The third-order valence-corrected chi connectivity index (χ3v) is 6.04. The van der Waals surface area contributed by atoms with Gasteiger partial charge in [0.05, 0.1) is 18.4 Å². The summed E-state index contributed by atoms with van der Waals surface area (Å²) in [5.41, 5.74) is 0. The highest BCUT2D eigenvalue weighted by Gasteiger charge is 2.58. The summed E-state index contributed by atoms with van der Waals surface area (Å²) in [4.78, 5) is 31.0. The average molecular weight is 524 g/mol. The molecule has 1 heterocycles. The van der Waals surface area contributed by atoms with Gasteiger partial charge in [0.2, 0.25) is 11.8 Å². The van der Waals surface area contributed by atoms with Crippen LogP contribution in [0.1, 0.15) is 12.8 Å². The number of carbonyl (C=O) groups excluding carboxylic acids is 2. The lowest BCUT2D eigenvalue weighted by Gasteiger charge is -2.18. The van der Waals surface area contributed by atoms with Gasteiger partial charge in [-0.25, -0.2) is 0 Å². The van der Waals surface area contributed by atoms with E-state index in [2.05, 4.69) is 27.8 Å². The highest BCUT2D eigenvalue weighted by Crippen LogP contribution is 2.52. The summed E-state index contributed by atoms with van der Waals surface area (Å²) in [6, 6.07) is 9.67. The molecule has 1 saturated heterocycles. The molecule has 1 saturated carbocycles. The van der Waals surface area contributed by atoms with Crippen molar-refractivity contribution in [1.29, 1.82) is 0 Å². The van der Waals surface area contributed by atoms with Crippen molar-refractivity contribution < 1.29 is 14.3 Å². The van der Waals surface area contributed by atoms with Crippen LogP contribution < -0.4 is 15.4 Å². The number of para-hydroxylation sites is 1. The number of likely N-dealkylation sites (tertiary alicyclic amines) is 1. The van der Waals surface area contributed by atoms with Crippen LogP contribution in [0.4, 0.5) is 0 Å². The largest absolute Gasteiger partial charge is 0.492 e. The molecule has 4 atom stereocenters. The molecule has 4 unspecified atom stereocenters. The van der Waals surface area contributed by atoms with E-state index in [1.54, 1.807) is 7.05 Å². The molecule has 2 amide bonds. The number of allylic oxidation sites excluding steroid dienone is 2.